The van der Waals surface area contributed by atoms with E-state index in [0.717, 1.165) is 30.4 Å². The number of anilines is 1. The molecule has 3 N–H and O–H groups in total. The molecule has 0 saturated carbocycles. The smallest absolute Gasteiger partial charge is 0.272 e. The Morgan fingerprint density at radius 1 is 1.17 bits per heavy atom. The molecule has 7 heteroatoms. The summed E-state index contributed by atoms with van der Waals surface area (Å²) in [4.78, 5) is 28.5. The molecular weight excluding hydrogens is 370 g/mol. The molecule has 0 spiro atoms. The average Bonchev–Trinajstić information content (AvgIpc) is 3.41. The molecule has 1 unspecified atom stereocenters. The molecule has 0 bridgehead atoms. The lowest BCUT2D eigenvalue weighted by molar-refractivity contribution is 0.0858. The highest BCUT2D eigenvalue weighted by Gasteiger charge is 2.19. The van der Waals surface area contributed by atoms with Crippen molar-refractivity contribution in [2.75, 3.05) is 25.6 Å². The van der Waals surface area contributed by atoms with Gasteiger partial charge in [-0.15, -0.1) is 0 Å². The van der Waals surface area contributed by atoms with Gasteiger partial charge in [0, 0.05) is 30.1 Å². The van der Waals surface area contributed by atoms with Gasteiger partial charge in [-0.25, -0.2) is 0 Å². The number of benzene rings is 2. The van der Waals surface area contributed by atoms with Crippen molar-refractivity contribution < 1.29 is 19.1 Å². The maximum atomic E-state index is 12.8. The lowest BCUT2D eigenvalue weighted by atomic mass is 10.1. The summed E-state index contributed by atoms with van der Waals surface area (Å²) >= 11 is 0. The Morgan fingerprint density at radius 2 is 2.03 bits per heavy atom. The monoisotopic (exact) mass is 393 g/mol. The third-order valence-corrected chi connectivity index (χ3v) is 5.01. The lowest BCUT2D eigenvalue weighted by Gasteiger charge is -2.13. The highest BCUT2D eigenvalue weighted by atomic mass is 16.5. The van der Waals surface area contributed by atoms with Crippen molar-refractivity contribution in [2.45, 2.75) is 18.9 Å². The van der Waals surface area contributed by atoms with Gasteiger partial charge in [0.05, 0.1) is 24.5 Å². The number of carbonyl (C=O) groups is 2. The van der Waals surface area contributed by atoms with Crippen LogP contribution in [0.4, 0.5) is 5.69 Å². The molecule has 2 aromatic carbocycles. The quantitative estimate of drug-likeness (QED) is 0.599. The van der Waals surface area contributed by atoms with Crippen LogP contribution in [0.25, 0.3) is 10.9 Å². The molecule has 1 aliphatic heterocycles. The van der Waals surface area contributed by atoms with E-state index in [1.807, 2.05) is 18.2 Å². The average molecular weight is 393 g/mol. The molecule has 0 aliphatic carbocycles. The second-order valence-electron chi connectivity index (χ2n) is 6.98. The molecular formula is C22H23N3O4. The van der Waals surface area contributed by atoms with Gasteiger partial charge in [-0.2, -0.15) is 0 Å². The Bertz CT molecular complexity index is 1040. The van der Waals surface area contributed by atoms with Crippen LogP contribution >= 0.6 is 0 Å². The summed E-state index contributed by atoms with van der Waals surface area (Å²) in [6.45, 7) is 1.20. The third kappa shape index (κ3) is 4.25. The number of nitrogens with one attached hydrogen (secondary N) is 3. The van der Waals surface area contributed by atoms with Gasteiger partial charge >= 0.3 is 0 Å². The minimum Gasteiger partial charge on any atom is -0.497 e. The molecule has 4 rings (SSSR count). The number of aromatic amines is 1. The number of hydrogen-bond acceptors (Lipinski definition) is 4. The summed E-state index contributed by atoms with van der Waals surface area (Å²) in [5.74, 6) is 0.150. The highest BCUT2D eigenvalue weighted by Crippen LogP contribution is 2.22. The predicted octanol–water partition coefficient (Wildman–Crippen LogP) is 3.34. The van der Waals surface area contributed by atoms with E-state index < -0.39 is 0 Å². The van der Waals surface area contributed by atoms with Gasteiger partial charge in [0.1, 0.15) is 11.4 Å². The minimum absolute atomic E-state index is 0.0593. The van der Waals surface area contributed by atoms with E-state index >= 15 is 0 Å². The summed E-state index contributed by atoms with van der Waals surface area (Å²) in [6, 6.07) is 14.3. The van der Waals surface area contributed by atoms with E-state index in [-0.39, 0.29) is 17.9 Å². The molecule has 1 saturated heterocycles. The summed E-state index contributed by atoms with van der Waals surface area (Å²) in [5, 5.41) is 6.62. The Hall–Kier alpha value is -3.32. The maximum absolute atomic E-state index is 12.8. The number of hydrogen-bond donors (Lipinski definition) is 3. The van der Waals surface area contributed by atoms with E-state index in [9.17, 15) is 9.59 Å². The van der Waals surface area contributed by atoms with Crippen LogP contribution in [0.15, 0.2) is 48.5 Å². The summed E-state index contributed by atoms with van der Waals surface area (Å²) in [5.41, 5.74) is 2.08. The van der Waals surface area contributed by atoms with Crippen molar-refractivity contribution >= 4 is 28.4 Å². The van der Waals surface area contributed by atoms with Crippen LogP contribution in [0.5, 0.6) is 5.75 Å². The Balaban J connectivity index is 1.48. The number of carbonyl (C=O) groups excluding carboxylic acids is 2. The molecule has 7 nitrogen and oxygen atoms in total. The van der Waals surface area contributed by atoms with Crippen molar-refractivity contribution in [3.05, 3.63) is 59.8 Å². The summed E-state index contributed by atoms with van der Waals surface area (Å²) in [7, 11) is 1.60. The SMILES string of the molecule is COc1ccc2cc(C(=O)Nc3ccccc3C(=O)NCC3CCCO3)[nH]c2c1. The van der Waals surface area contributed by atoms with Crippen molar-refractivity contribution in [1.82, 2.24) is 10.3 Å². The number of aromatic nitrogens is 1. The Kier molecular flexibility index (Phi) is 5.48. The second-order valence-corrected chi connectivity index (χ2v) is 6.98. The number of amides is 2. The lowest BCUT2D eigenvalue weighted by Crippen LogP contribution is -2.32. The van der Waals surface area contributed by atoms with Crippen LogP contribution in [0.2, 0.25) is 0 Å². The van der Waals surface area contributed by atoms with Crippen molar-refractivity contribution in [3.63, 3.8) is 0 Å². The zero-order chi connectivity index (χ0) is 20.2. The fourth-order valence-corrected chi connectivity index (χ4v) is 3.44. The molecule has 2 heterocycles. The number of fused-ring (bicyclic) bond motifs is 1. The van der Waals surface area contributed by atoms with E-state index in [0.29, 0.717) is 29.2 Å². The summed E-state index contributed by atoms with van der Waals surface area (Å²) in [6.07, 6.45) is 2.02. The van der Waals surface area contributed by atoms with Gasteiger partial charge in [-0.05, 0) is 43.2 Å². The molecule has 0 radical (unpaired) electrons. The first kappa shape index (κ1) is 19.0. The number of rotatable bonds is 6. The molecule has 29 heavy (non-hydrogen) atoms. The van der Waals surface area contributed by atoms with Crippen LogP contribution in [0.1, 0.15) is 33.7 Å². The number of H-pyrrole nitrogens is 1. The van der Waals surface area contributed by atoms with Crippen molar-refractivity contribution in [1.29, 1.82) is 0 Å². The van der Waals surface area contributed by atoms with Crippen molar-refractivity contribution in [2.24, 2.45) is 0 Å². The number of methoxy groups -OCH3 is 1. The van der Waals surface area contributed by atoms with Crippen molar-refractivity contribution in [3.8, 4) is 5.75 Å². The first-order valence-electron chi connectivity index (χ1n) is 9.61. The Morgan fingerprint density at radius 3 is 2.83 bits per heavy atom. The predicted molar refractivity (Wildman–Crippen MR) is 111 cm³/mol. The summed E-state index contributed by atoms with van der Waals surface area (Å²) < 4.78 is 10.8. The Labute approximate surface area is 168 Å². The van der Waals surface area contributed by atoms with Crippen LogP contribution in [-0.4, -0.2) is 43.2 Å². The second kappa shape index (κ2) is 8.36. The molecule has 2 amide bonds. The minimum atomic E-state index is -0.320. The highest BCUT2D eigenvalue weighted by molar-refractivity contribution is 6.09. The number of ether oxygens (including phenoxy) is 2. The first-order chi connectivity index (χ1) is 14.1. The standard InChI is InChI=1S/C22H23N3O4/c1-28-15-9-8-14-11-20(24-19(14)12-15)22(27)25-18-7-3-2-6-17(18)21(26)23-13-16-5-4-10-29-16/h2-3,6-9,11-12,16,24H,4-5,10,13H2,1H3,(H,23,26)(H,25,27). The van der Waals surface area contributed by atoms with Gasteiger partial charge in [0.15, 0.2) is 0 Å². The van der Waals surface area contributed by atoms with Gasteiger partial charge in [-0.1, -0.05) is 12.1 Å². The third-order valence-electron chi connectivity index (χ3n) is 5.01. The molecule has 1 fully saturated rings. The van der Waals surface area contributed by atoms with Crippen LogP contribution in [0, 0.1) is 0 Å². The zero-order valence-corrected chi connectivity index (χ0v) is 16.2. The van der Waals surface area contributed by atoms with Crippen LogP contribution < -0.4 is 15.4 Å². The number of para-hydroxylation sites is 1. The molecule has 150 valence electrons. The van der Waals surface area contributed by atoms with Gasteiger partial charge in [-0.3, -0.25) is 9.59 Å². The first-order valence-corrected chi connectivity index (χ1v) is 9.61. The molecule has 3 aromatic rings. The molecule has 1 aromatic heterocycles. The fourth-order valence-electron chi connectivity index (χ4n) is 3.44. The van der Waals surface area contributed by atoms with Gasteiger partial charge in [0.2, 0.25) is 0 Å². The van der Waals surface area contributed by atoms with E-state index in [2.05, 4.69) is 15.6 Å². The molecule has 1 aliphatic rings. The zero-order valence-electron chi connectivity index (χ0n) is 16.2. The fraction of sp³-hybridized carbons (Fsp3) is 0.273. The normalized spacial score (nSPS) is 16.0. The van der Waals surface area contributed by atoms with Gasteiger partial charge in [0.25, 0.3) is 11.8 Å². The topological polar surface area (TPSA) is 92.4 Å². The molecule has 1 atom stereocenters. The largest absolute Gasteiger partial charge is 0.497 e. The van der Waals surface area contributed by atoms with E-state index in [1.165, 1.54) is 0 Å². The van der Waals surface area contributed by atoms with Crippen LogP contribution in [0.3, 0.4) is 0 Å². The van der Waals surface area contributed by atoms with E-state index in [4.69, 9.17) is 9.47 Å². The van der Waals surface area contributed by atoms with Gasteiger partial charge < -0.3 is 25.1 Å². The van der Waals surface area contributed by atoms with Crippen LogP contribution in [-0.2, 0) is 4.74 Å². The van der Waals surface area contributed by atoms with E-state index in [1.54, 1.807) is 37.4 Å². The maximum Gasteiger partial charge on any atom is 0.272 e.